The predicted octanol–water partition coefficient (Wildman–Crippen LogP) is -0.367. The number of piperazine rings is 1. The third-order valence-corrected chi connectivity index (χ3v) is 6.02. The van der Waals surface area contributed by atoms with Crippen LogP contribution in [0.15, 0.2) is 24.3 Å². The molecular formula is C21H32N4O+2. The summed E-state index contributed by atoms with van der Waals surface area (Å²) in [4.78, 5) is 17.9. The van der Waals surface area contributed by atoms with Crippen LogP contribution in [0.4, 0.5) is 0 Å². The minimum atomic E-state index is 0.363. The van der Waals surface area contributed by atoms with Gasteiger partial charge in [0.25, 0.3) is 5.91 Å². The molecule has 1 atom stereocenters. The maximum atomic E-state index is 12.7. The van der Waals surface area contributed by atoms with Gasteiger partial charge >= 0.3 is 0 Å². The number of rotatable bonds is 5. The van der Waals surface area contributed by atoms with Gasteiger partial charge in [0.1, 0.15) is 32.7 Å². The summed E-state index contributed by atoms with van der Waals surface area (Å²) in [5, 5.41) is 8.89. The molecule has 140 valence electrons. The minimum absolute atomic E-state index is 0.363. The molecule has 5 heteroatoms. The van der Waals surface area contributed by atoms with Crippen LogP contribution in [0, 0.1) is 11.3 Å². The zero-order chi connectivity index (χ0) is 18.4. The number of amides is 1. The molecule has 2 heterocycles. The predicted molar refractivity (Wildman–Crippen MR) is 101 cm³/mol. The standard InChI is InChI=1S/C21H30N4O/c1-2-20-5-3-4-10-25(20)21(26)17-24-13-11-23(12-14-24)16-19-8-6-18(15-22)7-9-19/h6-9,20H,2-5,10-14,16-17H2,1H3/p+2/t20-/m0/s1. The summed E-state index contributed by atoms with van der Waals surface area (Å²) in [5.74, 6) is 0.363. The van der Waals surface area contributed by atoms with E-state index in [1.807, 2.05) is 12.1 Å². The molecule has 3 rings (SSSR count). The molecule has 1 aromatic carbocycles. The zero-order valence-corrected chi connectivity index (χ0v) is 16.0. The summed E-state index contributed by atoms with van der Waals surface area (Å²) >= 11 is 0. The van der Waals surface area contributed by atoms with E-state index >= 15 is 0 Å². The molecule has 0 bridgehead atoms. The van der Waals surface area contributed by atoms with Gasteiger partial charge in [-0.2, -0.15) is 5.26 Å². The lowest BCUT2D eigenvalue weighted by Crippen LogP contribution is -3.28. The normalized spacial score (nSPS) is 26.3. The number of piperidine rings is 1. The van der Waals surface area contributed by atoms with Gasteiger partial charge in [-0.3, -0.25) is 4.79 Å². The fourth-order valence-corrected chi connectivity index (χ4v) is 4.37. The number of hydrogen-bond acceptors (Lipinski definition) is 2. The Labute approximate surface area is 157 Å². The van der Waals surface area contributed by atoms with Crippen LogP contribution in [0.3, 0.4) is 0 Å². The monoisotopic (exact) mass is 356 g/mol. The van der Waals surface area contributed by atoms with E-state index in [2.05, 4.69) is 30.0 Å². The summed E-state index contributed by atoms with van der Waals surface area (Å²) in [7, 11) is 0. The van der Waals surface area contributed by atoms with Crippen molar-refractivity contribution in [1.29, 1.82) is 5.26 Å². The molecule has 0 saturated carbocycles. The fraction of sp³-hybridized carbons (Fsp3) is 0.619. The molecule has 2 fully saturated rings. The Bertz CT molecular complexity index is 628. The van der Waals surface area contributed by atoms with E-state index in [9.17, 15) is 4.79 Å². The van der Waals surface area contributed by atoms with E-state index in [4.69, 9.17) is 5.26 Å². The van der Waals surface area contributed by atoms with Gasteiger partial charge in [0, 0.05) is 18.2 Å². The van der Waals surface area contributed by atoms with Gasteiger partial charge in [0.2, 0.25) is 0 Å². The molecule has 2 N–H and O–H groups in total. The lowest BCUT2D eigenvalue weighted by molar-refractivity contribution is -1.02. The Hall–Kier alpha value is -1.90. The van der Waals surface area contributed by atoms with E-state index in [1.165, 1.54) is 29.7 Å². The molecule has 26 heavy (non-hydrogen) atoms. The SMILES string of the molecule is CC[C@H]1CCCCN1C(=O)C[NH+]1CC[NH+](Cc2ccc(C#N)cc2)CC1. The summed E-state index contributed by atoms with van der Waals surface area (Å²) in [5.41, 5.74) is 2.01. The quantitative estimate of drug-likeness (QED) is 0.757. The number of benzene rings is 1. The van der Waals surface area contributed by atoms with E-state index in [1.54, 1.807) is 4.90 Å². The number of nitriles is 1. The molecule has 0 unspecified atom stereocenters. The highest BCUT2D eigenvalue weighted by Crippen LogP contribution is 2.18. The van der Waals surface area contributed by atoms with E-state index in [-0.39, 0.29) is 0 Å². The van der Waals surface area contributed by atoms with Crippen molar-refractivity contribution < 1.29 is 14.6 Å². The Morgan fingerprint density at radius 1 is 1.15 bits per heavy atom. The zero-order valence-electron chi connectivity index (χ0n) is 16.0. The Kier molecular flexibility index (Phi) is 6.65. The number of likely N-dealkylation sites (tertiary alicyclic amines) is 1. The van der Waals surface area contributed by atoms with Crippen LogP contribution in [-0.4, -0.2) is 56.1 Å². The van der Waals surface area contributed by atoms with Crippen LogP contribution in [-0.2, 0) is 11.3 Å². The van der Waals surface area contributed by atoms with Crippen LogP contribution in [0.5, 0.6) is 0 Å². The van der Waals surface area contributed by atoms with Gasteiger partial charge in [-0.05, 0) is 37.8 Å². The third kappa shape index (κ3) is 4.84. The number of carbonyl (C=O) groups excluding carboxylic acids is 1. The second-order valence-corrected chi connectivity index (χ2v) is 7.81. The topological polar surface area (TPSA) is 53.0 Å². The minimum Gasteiger partial charge on any atom is -0.335 e. The van der Waals surface area contributed by atoms with Crippen molar-refractivity contribution in [2.75, 3.05) is 39.3 Å². The second kappa shape index (κ2) is 9.16. The van der Waals surface area contributed by atoms with Gasteiger partial charge < -0.3 is 14.7 Å². The molecule has 1 amide bonds. The van der Waals surface area contributed by atoms with Crippen LogP contribution >= 0.6 is 0 Å². The largest absolute Gasteiger partial charge is 0.335 e. The lowest BCUT2D eigenvalue weighted by atomic mass is 10.00. The first kappa shape index (κ1) is 18.9. The molecule has 0 spiro atoms. The number of nitrogens with one attached hydrogen (secondary N) is 2. The highest BCUT2D eigenvalue weighted by atomic mass is 16.2. The average Bonchev–Trinajstić information content (AvgIpc) is 2.70. The highest BCUT2D eigenvalue weighted by Gasteiger charge is 2.30. The molecule has 5 nitrogen and oxygen atoms in total. The van der Waals surface area contributed by atoms with Crippen molar-refractivity contribution in [2.45, 2.75) is 45.2 Å². The first-order valence-electron chi connectivity index (χ1n) is 10.1. The average molecular weight is 357 g/mol. The number of nitrogens with zero attached hydrogens (tertiary/aromatic N) is 2. The Morgan fingerprint density at radius 2 is 1.85 bits per heavy atom. The van der Waals surface area contributed by atoms with Crippen LogP contribution in [0.2, 0.25) is 0 Å². The maximum absolute atomic E-state index is 12.7. The summed E-state index contributed by atoms with van der Waals surface area (Å²) in [6, 6.07) is 10.6. The summed E-state index contributed by atoms with van der Waals surface area (Å²) < 4.78 is 0. The van der Waals surface area contributed by atoms with Gasteiger partial charge in [-0.1, -0.05) is 19.1 Å². The number of quaternary nitrogens is 2. The van der Waals surface area contributed by atoms with Crippen molar-refractivity contribution in [1.82, 2.24) is 4.90 Å². The number of hydrogen-bond donors (Lipinski definition) is 2. The third-order valence-electron chi connectivity index (χ3n) is 6.02. The molecule has 0 aliphatic carbocycles. The summed E-state index contributed by atoms with van der Waals surface area (Å²) in [6.45, 7) is 9.20. The van der Waals surface area contributed by atoms with Crippen molar-refractivity contribution in [3.63, 3.8) is 0 Å². The van der Waals surface area contributed by atoms with E-state index in [0.29, 0.717) is 18.5 Å². The molecule has 2 saturated heterocycles. The van der Waals surface area contributed by atoms with Gasteiger partial charge in [0.05, 0.1) is 11.6 Å². The Balaban J connectivity index is 1.44. The van der Waals surface area contributed by atoms with Crippen LogP contribution in [0.25, 0.3) is 0 Å². The smallest absolute Gasteiger partial charge is 0.278 e. The first-order chi connectivity index (χ1) is 12.7. The molecule has 0 aromatic heterocycles. The van der Waals surface area contributed by atoms with E-state index in [0.717, 1.165) is 51.3 Å². The van der Waals surface area contributed by atoms with Crippen molar-refractivity contribution in [2.24, 2.45) is 0 Å². The maximum Gasteiger partial charge on any atom is 0.278 e. The second-order valence-electron chi connectivity index (χ2n) is 7.81. The Morgan fingerprint density at radius 3 is 2.50 bits per heavy atom. The molecular weight excluding hydrogens is 324 g/mol. The molecule has 0 radical (unpaired) electrons. The van der Waals surface area contributed by atoms with Crippen LogP contribution in [0.1, 0.15) is 43.7 Å². The van der Waals surface area contributed by atoms with Crippen LogP contribution < -0.4 is 9.80 Å². The van der Waals surface area contributed by atoms with Crippen molar-refractivity contribution in [3.8, 4) is 6.07 Å². The van der Waals surface area contributed by atoms with Crippen molar-refractivity contribution in [3.05, 3.63) is 35.4 Å². The van der Waals surface area contributed by atoms with Gasteiger partial charge in [-0.25, -0.2) is 0 Å². The molecule has 1 aromatic rings. The van der Waals surface area contributed by atoms with Gasteiger partial charge in [0.15, 0.2) is 6.54 Å². The fourth-order valence-electron chi connectivity index (χ4n) is 4.37. The summed E-state index contributed by atoms with van der Waals surface area (Å²) in [6.07, 6.45) is 4.70. The molecule has 2 aliphatic heterocycles. The van der Waals surface area contributed by atoms with Gasteiger partial charge in [-0.15, -0.1) is 0 Å². The highest BCUT2D eigenvalue weighted by molar-refractivity contribution is 5.77. The van der Waals surface area contributed by atoms with Crippen molar-refractivity contribution >= 4 is 5.91 Å². The first-order valence-corrected chi connectivity index (χ1v) is 10.1. The molecule has 2 aliphatic rings. The number of carbonyl (C=O) groups is 1. The van der Waals surface area contributed by atoms with E-state index < -0.39 is 0 Å². The lowest BCUT2D eigenvalue weighted by Gasteiger charge is -2.36.